The molecule has 1 saturated heterocycles. The molecule has 0 bridgehead atoms. The number of rotatable bonds is 4. The van der Waals surface area contributed by atoms with Crippen molar-refractivity contribution in [2.45, 2.75) is 31.7 Å². The topological polar surface area (TPSA) is 71.1 Å². The molecular weight excluding hydrogens is 230 g/mol. The van der Waals surface area contributed by atoms with Gasteiger partial charge in [0.2, 0.25) is 11.8 Å². The maximum absolute atomic E-state index is 11.7. The van der Waals surface area contributed by atoms with Gasteiger partial charge >= 0.3 is 0 Å². The molecule has 1 aliphatic heterocycles. The highest BCUT2D eigenvalue weighted by Crippen LogP contribution is 2.05. The second-order valence-electron chi connectivity index (χ2n) is 4.47. The first kappa shape index (κ1) is 12.5. The number of carbonyl (C=O) groups excluding carboxylic acids is 2. The molecule has 0 spiro atoms. The number of carbonyl (C=O) groups is 2. The van der Waals surface area contributed by atoms with Gasteiger partial charge in [0.1, 0.15) is 0 Å². The molecule has 1 aromatic rings. The van der Waals surface area contributed by atoms with Gasteiger partial charge in [-0.3, -0.25) is 14.6 Å². The highest BCUT2D eigenvalue weighted by Gasteiger charge is 2.20. The fraction of sp³-hybridized carbons (Fsp3) is 0.462. The number of hydrogen-bond donors (Lipinski definition) is 2. The Morgan fingerprint density at radius 1 is 1.56 bits per heavy atom. The maximum atomic E-state index is 11.7. The van der Waals surface area contributed by atoms with Gasteiger partial charge in [-0.25, -0.2) is 0 Å². The van der Waals surface area contributed by atoms with Crippen LogP contribution in [0.1, 0.15) is 24.8 Å². The number of amides is 2. The Hall–Kier alpha value is -1.91. The van der Waals surface area contributed by atoms with E-state index in [0.29, 0.717) is 25.8 Å². The van der Waals surface area contributed by atoms with Crippen molar-refractivity contribution >= 4 is 11.8 Å². The Balaban J connectivity index is 1.73. The molecule has 2 N–H and O–H groups in total. The molecule has 18 heavy (non-hydrogen) atoms. The Kier molecular flexibility index (Phi) is 4.28. The van der Waals surface area contributed by atoms with Crippen LogP contribution in [0.25, 0.3) is 0 Å². The molecule has 2 heterocycles. The molecule has 0 aromatic carbocycles. The molecule has 2 rings (SSSR count). The number of aryl methyl sites for hydroxylation is 1. The lowest BCUT2D eigenvalue weighted by Gasteiger charge is -2.23. The number of piperidine rings is 1. The largest absolute Gasteiger partial charge is 0.356 e. The first-order chi connectivity index (χ1) is 8.74. The predicted molar refractivity (Wildman–Crippen MR) is 66.7 cm³/mol. The first-order valence-electron chi connectivity index (χ1n) is 6.19. The van der Waals surface area contributed by atoms with Crippen molar-refractivity contribution in [3.05, 3.63) is 30.1 Å². The van der Waals surface area contributed by atoms with Crippen LogP contribution in [-0.2, 0) is 16.0 Å². The highest BCUT2D eigenvalue weighted by molar-refractivity contribution is 5.80. The van der Waals surface area contributed by atoms with Gasteiger partial charge in [0.15, 0.2) is 0 Å². The Bertz CT molecular complexity index is 420. The first-order valence-corrected chi connectivity index (χ1v) is 6.19. The maximum Gasteiger partial charge on any atom is 0.222 e. The van der Waals surface area contributed by atoms with E-state index in [0.717, 1.165) is 12.0 Å². The van der Waals surface area contributed by atoms with Crippen molar-refractivity contribution in [3.8, 4) is 0 Å². The van der Waals surface area contributed by atoms with Crippen molar-refractivity contribution in [3.63, 3.8) is 0 Å². The summed E-state index contributed by atoms with van der Waals surface area (Å²) in [5, 5.41) is 5.64. The van der Waals surface area contributed by atoms with E-state index in [2.05, 4.69) is 15.6 Å². The molecular formula is C13H17N3O2. The Morgan fingerprint density at radius 3 is 3.17 bits per heavy atom. The van der Waals surface area contributed by atoms with E-state index in [9.17, 15) is 9.59 Å². The summed E-state index contributed by atoms with van der Waals surface area (Å²) < 4.78 is 0. The van der Waals surface area contributed by atoms with Gasteiger partial charge < -0.3 is 10.6 Å². The van der Waals surface area contributed by atoms with Crippen LogP contribution in [0.3, 0.4) is 0 Å². The number of pyridine rings is 1. The van der Waals surface area contributed by atoms with Crippen LogP contribution in [0.15, 0.2) is 24.5 Å². The van der Waals surface area contributed by atoms with Crippen LogP contribution < -0.4 is 10.6 Å². The lowest BCUT2D eigenvalue weighted by molar-refractivity contribution is -0.124. The summed E-state index contributed by atoms with van der Waals surface area (Å²) in [5.41, 5.74) is 1.05. The molecule has 1 aromatic heterocycles. The van der Waals surface area contributed by atoms with E-state index in [1.54, 1.807) is 12.4 Å². The van der Waals surface area contributed by atoms with E-state index >= 15 is 0 Å². The monoisotopic (exact) mass is 247 g/mol. The molecule has 0 aliphatic carbocycles. The molecule has 96 valence electrons. The van der Waals surface area contributed by atoms with Crippen molar-refractivity contribution in [2.24, 2.45) is 0 Å². The number of nitrogens with zero attached hydrogens (tertiary/aromatic N) is 1. The smallest absolute Gasteiger partial charge is 0.222 e. The summed E-state index contributed by atoms with van der Waals surface area (Å²) in [7, 11) is 0. The standard InChI is InChI=1S/C13H17N3O2/c17-12(4-3-10-2-1-6-14-9-10)16-11-5-7-15-13(18)8-11/h1-2,6,9,11H,3-5,7-8H2,(H,15,18)(H,16,17). The lowest BCUT2D eigenvalue weighted by Crippen LogP contribution is -2.45. The summed E-state index contributed by atoms with van der Waals surface area (Å²) in [6.45, 7) is 0.645. The minimum Gasteiger partial charge on any atom is -0.356 e. The second kappa shape index (κ2) is 6.14. The van der Waals surface area contributed by atoms with Gasteiger partial charge in [0, 0.05) is 37.8 Å². The zero-order valence-electron chi connectivity index (χ0n) is 10.2. The molecule has 5 nitrogen and oxygen atoms in total. The van der Waals surface area contributed by atoms with Gasteiger partial charge in [-0.15, -0.1) is 0 Å². The molecule has 1 atom stereocenters. The van der Waals surface area contributed by atoms with Crippen LogP contribution in [0.5, 0.6) is 0 Å². The number of aromatic nitrogens is 1. The Morgan fingerprint density at radius 2 is 2.44 bits per heavy atom. The number of nitrogens with one attached hydrogen (secondary N) is 2. The molecule has 1 aliphatic rings. The highest BCUT2D eigenvalue weighted by atomic mass is 16.2. The molecule has 0 radical (unpaired) electrons. The SMILES string of the molecule is O=C1CC(NC(=O)CCc2cccnc2)CCN1. The van der Waals surface area contributed by atoms with E-state index in [4.69, 9.17) is 0 Å². The third kappa shape index (κ3) is 3.84. The Labute approximate surface area is 106 Å². The molecule has 1 fully saturated rings. The van der Waals surface area contributed by atoms with Crippen LogP contribution in [0.2, 0.25) is 0 Å². The summed E-state index contributed by atoms with van der Waals surface area (Å²) in [4.78, 5) is 26.9. The molecule has 5 heteroatoms. The molecule has 0 saturated carbocycles. The van der Waals surface area contributed by atoms with Crippen LogP contribution >= 0.6 is 0 Å². The van der Waals surface area contributed by atoms with Gasteiger partial charge in [-0.05, 0) is 24.5 Å². The predicted octanol–water partition coefficient (Wildman–Crippen LogP) is 0.409. The zero-order valence-corrected chi connectivity index (χ0v) is 10.2. The fourth-order valence-electron chi connectivity index (χ4n) is 2.01. The molecule has 1 unspecified atom stereocenters. The fourth-order valence-corrected chi connectivity index (χ4v) is 2.01. The van der Waals surface area contributed by atoms with Crippen molar-refractivity contribution in [1.82, 2.24) is 15.6 Å². The van der Waals surface area contributed by atoms with Crippen LogP contribution in [-0.4, -0.2) is 29.4 Å². The molecule has 2 amide bonds. The minimum absolute atomic E-state index is 0.00134. The van der Waals surface area contributed by atoms with E-state index < -0.39 is 0 Å². The van der Waals surface area contributed by atoms with Gasteiger partial charge in [0.05, 0.1) is 0 Å². The van der Waals surface area contributed by atoms with Gasteiger partial charge in [-0.1, -0.05) is 6.07 Å². The summed E-state index contributed by atoms with van der Waals surface area (Å²) >= 11 is 0. The average molecular weight is 247 g/mol. The van der Waals surface area contributed by atoms with E-state index in [1.165, 1.54) is 0 Å². The minimum atomic E-state index is -0.0138. The summed E-state index contributed by atoms with van der Waals surface area (Å²) in [6.07, 6.45) is 5.79. The third-order valence-electron chi connectivity index (χ3n) is 2.98. The van der Waals surface area contributed by atoms with E-state index in [-0.39, 0.29) is 17.9 Å². The third-order valence-corrected chi connectivity index (χ3v) is 2.98. The lowest BCUT2D eigenvalue weighted by atomic mass is 10.1. The number of hydrogen-bond acceptors (Lipinski definition) is 3. The summed E-state index contributed by atoms with van der Waals surface area (Å²) in [6, 6.07) is 3.80. The zero-order chi connectivity index (χ0) is 12.8. The normalized spacial score (nSPS) is 19.1. The summed E-state index contributed by atoms with van der Waals surface area (Å²) in [5.74, 6) is 0.0114. The quantitative estimate of drug-likeness (QED) is 0.809. The van der Waals surface area contributed by atoms with Crippen molar-refractivity contribution < 1.29 is 9.59 Å². The average Bonchev–Trinajstić information content (AvgIpc) is 2.38. The van der Waals surface area contributed by atoms with Crippen LogP contribution in [0.4, 0.5) is 0 Å². The van der Waals surface area contributed by atoms with Crippen LogP contribution in [0, 0.1) is 0 Å². The van der Waals surface area contributed by atoms with Crippen molar-refractivity contribution in [1.29, 1.82) is 0 Å². The van der Waals surface area contributed by atoms with E-state index in [1.807, 2.05) is 12.1 Å². The van der Waals surface area contributed by atoms with Gasteiger partial charge in [0.25, 0.3) is 0 Å². The van der Waals surface area contributed by atoms with Crippen molar-refractivity contribution in [2.75, 3.05) is 6.54 Å². The van der Waals surface area contributed by atoms with Gasteiger partial charge in [-0.2, -0.15) is 0 Å². The second-order valence-corrected chi connectivity index (χ2v) is 4.47.